The molecule has 4 heterocycles. The number of aryl methyl sites for hydroxylation is 1. The summed E-state index contributed by atoms with van der Waals surface area (Å²) in [6, 6.07) is 3.39. The van der Waals surface area contributed by atoms with Crippen molar-refractivity contribution in [2.75, 3.05) is 18.4 Å². The van der Waals surface area contributed by atoms with Crippen molar-refractivity contribution in [2.45, 2.75) is 18.4 Å². The molecule has 1 saturated heterocycles. The first-order chi connectivity index (χ1) is 13.1. The van der Waals surface area contributed by atoms with Crippen molar-refractivity contribution < 1.29 is 14.0 Å². The van der Waals surface area contributed by atoms with Crippen molar-refractivity contribution in [1.29, 1.82) is 0 Å². The summed E-state index contributed by atoms with van der Waals surface area (Å²) in [6.07, 6.45) is 10.7. The Morgan fingerprint density at radius 2 is 2.04 bits per heavy atom. The normalized spacial score (nSPS) is 16.3. The van der Waals surface area contributed by atoms with Crippen LogP contribution in [0.5, 0.6) is 0 Å². The maximum Gasteiger partial charge on any atom is 0.257 e. The van der Waals surface area contributed by atoms with E-state index in [1.807, 2.05) is 4.57 Å². The first kappa shape index (κ1) is 17.1. The van der Waals surface area contributed by atoms with Crippen molar-refractivity contribution in [3.05, 3.63) is 55.1 Å². The number of nitrogens with one attached hydrogen (secondary N) is 1. The molecule has 2 amide bonds. The molecule has 0 aromatic carbocycles. The van der Waals surface area contributed by atoms with E-state index in [1.54, 1.807) is 53.7 Å². The SMILES string of the molecule is Cn1ccc(NC(=O)C2(n3ccnc3)CCN(C(=O)c3ccoc3)CC2)n1. The predicted octanol–water partition coefficient (Wildman–Crippen LogP) is 1.48. The molecular weight excluding hydrogens is 348 g/mol. The molecule has 9 heteroatoms. The van der Waals surface area contributed by atoms with Crippen molar-refractivity contribution >= 4 is 17.6 Å². The van der Waals surface area contributed by atoms with E-state index in [0.717, 1.165) is 0 Å². The van der Waals surface area contributed by atoms with Crippen LogP contribution in [-0.4, -0.2) is 49.1 Å². The lowest BCUT2D eigenvalue weighted by atomic mass is 9.85. The van der Waals surface area contributed by atoms with Crippen molar-refractivity contribution in [2.24, 2.45) is 7.05 Å². The van der Waals surface area contributed by atoms with Gasteiger partial charge in [0.1, 0.15) is 11.8 Å². The number of imidazole rings is 1. The fourth-order valence-corrected chi connectivity index (χ4v) is 3.48. The first-order valence-corrected chi connectivity index (χ1v) is 8.69. The van der Waals surface area contributed by atoms with E-state index in [-0.39, 0.29) is 11.8 Å². The zero-order chi connectivity index (χ0) is 18.9. The number of carbonyl (C=O) groups excluding carboxylic acids is 2. The molecule has 0 aliphatic carbocycles. The second-order valence-electron chi connectivity index (χ2n) is 6.63. The molecule has 0 unspecified atom stereocenters. The average Bonchev–Trinajstić information content (AvgIpc) is 3.44. The van der Waals surface area contributed by atoms with Gasteiger partial charge >= 0.3 is 0 Å². The summed E-state index contributed by atoms with van der Waals surface area (Å²) in [4.78, 5) is 31.6. The standard InChI is InChI=1S/C18H20N6O3/c1-22-7-2-15(21-22)20-17(26)18(24-10-6-19-13-24)4-8-23(9-5-18)16(25)14-3-11-27-12-14/h2-3,6-7,10-13H,4-5,8-9H2,1H3,(H,20,21,26). The Bertz CT molecular complexity index is 920. The number of furan rings is 1. The Labute approximate surface area is 155 Å². The molecule has 9 nitrogen and oxygen atoms in total. The number of carbonyl (C=O) groups is 2. The molecule has 0 atom stereocenters. The van der Waals surface area contributed by atoms with Crippen molar-refractivity contribution in [1.82, 2.24) is 24.2 Å². The van der Waals surface area contributed by atoms with Gasteiger partial charge in [-0.3, -0.25) is 14.3 Å². The van der Waals surface area contributed by atoms with E-state index >= 15 is 0 Å². The molecule has 1 aliphatic rings. The Kier molecular flexibility index (Phi) is 4.27. The number of nitrogens with zero attached hydrogens (tertiary/aromatic N) is 5. The van der Waals surface area contributed by atoms with Gasteiger partial charge in [-0.1, -0.05) is 0 Å². The van der Waals surface area contributed by atoms with Gasteiger partial charge in [-0.15, -0.1) is 0 Å². The number of likely N-dealkylation sites (tertiary alicyclic amines) is 1. The third kappa shape index (κ3) is 3.12. The molecule has 3 aromatic rings. The second-order valence-corrected chi connectivity index (χ2v) is 6.63. The Morgan fingerprint density at radius 1 is 1.22 bits per heavy atom. The zero-order valence-corrected chi connectivity index (χ0v) is 14.9. The zero-order valence-electron chi connectivity index (χ0n) is 14.9. The third-order valence-corrected chi connectivity index (χ3v) is 5.02. The average molecular weight is 368 g/mol. The van der Waals surface area contributed by atoms with E-state index in [0.29, 0.717) is 37.3 Å². The molecule has 1 aliphatic heterocycles. The van der Waals surface area contributed by atoms with Crippen LogP contribution in [0.4, 0.5) is 5.82 Å². The summed E-state index contributed by atoms with van der Waals surface area (Å²) in [5.74, 6) is 0.251. The summed E-state index contributed by atoms with van der Waals surface area (Å²) in [7, 11) is 1.79. The lowest BCUT2D eigenvalue weighted by molar-refractivity contribution is -0.126. The van der Waals surface area contributed by atoms with Crippen LogP contribution in [-0.2, 0) is 17.4 Å². The lowest BCUT2D eigenvalue weighted by Gasteiger charge is -2.41. The topological polar surface area (TPSA) is 98.2 Å². The van der Waals surface area contributed by atoms with E-state index < -0.39 is 5.54 Å². The van der Waals surface area contributed by atoms with E-state index in [9.17, 15) is 9.59 Å². The van der Waals surface area contributed by atoms with Gasteiger partial charge in [-0.05, 0) is 18.9 Å². The molecule has 0 spiro atoms. The fraction of sp³-hybridized carbons (Fsp3) is 0.333. The molecule has 27 heavy (non-hydrogen) atoms. The minimum absolute atomic E-state index is 0.0897. The smallest absolute Gasteiger partial charge is 0.257 e. The predicted molar refractivity (Wildman–Crippen MR) is 95.9 cm³/mol. The summed E-state index contributed by atoms with van der Waals surface area (Å²) in [5, 5.41) is 7.12. The van der Waals surface area contributed by atoms with Crippen LogP contribution in [0.15, 0.2) is 54.0 Å². The molecule has 1 N–H and O–H groups in total. The van der Waals surface area contributed by atoms with Gasteiger partial charge in [-0.25, -0.2) is 4.98 Å². The van der Waals surface area contributed by atoms with Gasteiger partial charge in [0, 0.05) is 44.8 Å². The maximum atomic E-state index is 13.2. The van der Waals surface area contributed by atoms with Crippen LogP contribution < -0.4 is 5.32 Å². The number of aromatic nitrogens is 4. The molecule has 1 fully saturated rings. The minimum atomic E-state index is -0.818. The number of rotatable bonds is 4. The van der Waals surface area contributed by atoms with Gasteiger partial charge < -0.3 is 19.2 Å². The molecular formula is C18H20N6O3. The third-order valence-electron chi connectivity index (χ3n) is 5.02. The molecule has 140 valence electrons. The van der Waals surface area contributed by atoms with Crippen LogP contribution in [0.25, 0.3) is 0 Å². The first-order valence-electron chi connectivity index (χ1n) is 8.69. The molecule has 3 aromatic heterocycles. The molecule has 4 rings (SSSR count). The number of piperidine rings is 1. The van der Waals surface area contributed by atoms with Gasteiger partial charge in [0.2, 0.25) is 0 Å². The van der Waals surface area contributed by atoms with Gasteiger partial charge in [0.15, 0.2) is 5.82 Å². The molecule has 0 radical (unpaired) electrons. The Balaban J connectivity index is 1.54. The molecule has 0 bridgehead atoms. The monoisotopic (exact) mass is 368 g/mol. The lowest BCUT2D eigenvalue weighted by Crippen LogP contribution is -2.54. The molecule has 0 saturated carbocycles. The number of anilines is 1. The number of hydrogen-bond acceptors (Lipinski definition) is 5. The van der Waals surface area contributed by atoms with Gasteiger partial charge in [0.25, 0.3) is 11.8 Å². The number of amides is 2. The largest absolute Gasteiger partial charge is 0.472 e. The Hall–Kier alpha value is -3.36. The van der Waals surface area contributed by atoms with Gasteiger partial charge in [-0.2, -0.15) is 5.10 Å². The van der Waals surface area contributed by atoms with Crippen LogP contribution in [0.3, 0.4) is 0 Å². The van der Waals surface area contributed by atoms with Crippen LogP contribution in [0, 0.1) is 0 Å². The van der Waals surface area contributed by atoms with E-state index in [1.165, 1.54) is 12.5 Å². The van der Waals surface area contributed by atoms with Crippen LogP contribution in [0.1, 0.15) is 23.2 Å². The Morgan fingerprint density at radius 3 is 2.63 bits per heavy atom. The van der Waals surface area contributed by atoms with E-state index in [2.05, 4.69) is 15.4 Å². The fourth-order valence-electron chi connectivity index (χ4n) is 3.48. The maximum absolute atomic E-state index is 13.2. The van der Waals surface area contributed by atoms with Crippen LogP contribution >= 0.6 is 0 Å². The second kappa shape index (κ2) is 6.75. The highest BCUT2D eigenvalue weighted by Gasteiger charge is 2.44. The summed E-state index contributed by atoms with van der Waals surface area (Å²) < 4.78 is 8.45. The van der Waals surface area contributed by atoms with Crippen molar-refractivity contribution in [3.63, 3.8) is 0 Å². The highest BCUT2D eigenvalue weighted by Crippen LogP contribution is 2.32. The van der Waals surface area contributed by atoms with Gasteiger partial charge in [0.05, 0.1) is 18.2 Å². The summed E-state index contributed by atoms with van der Waals surface area (Å²) in [6.45, 7) is 0.912. The quantitative estimate of drug-likeness (QED) is 0.752. The van der Waals surface area contributed by atoms with Crippen LogP contribution in [0.2, 0.25) is 0 Å². The van der Waals surface area contributed by atoms with E-state index in [4.69, 9.17) is 4.42 Å². The highest BCUT2D eigenvalue weighted by atomic mass is 16.3. The highest BCUT2D eigenvalue weighted by molar-refractivity contribution is 5.97. The minimum Gasteiger partial charge on any atom is -0.472 e. The number of hydrogen-bond donors (Lipinski definition) is 1. The summed E-state index contributed by atoms with van der Waals surface area (Å²) in [5.41, 5.74) is -0.302. The van der Waals surface area contributed by atoms with Crippen molar-refractivity contribution in [3.8, 4) is 0 Å². The summed E-state index contributed by atoms with van der Waals surface area (Å²) >= 11 is 0.